The Bertz CT molecular complexity index is 606. The molecule has 0 aromatic heterocycles. The van der Waals surface area contributed by atoms with Gasteiger partial charge in [-0.25, -0.2) is 4.79 Å². The molecule has 2 atom stereocenters. The fourth-order valence-electron chi connectivity index (χ4n) is 2.66. The molecule has 2 unspecified atom stereocenters. The molecular formula is C17H22N2O5. The number of nitrogens with one attached hydrogen (secondary N) is 1. The van der Waals surface area contributed by atoms with E-state index in [1.165, 1.54) is 17.0 Å². The van der Waals surface area contributed by atoms with E-state index in [4.69, 9.17) is 4.74 Å². The second-order valence-electron chi connectivity index (χ2n) is 6.04. The topological polar surface area (TPSA) is 95.9 Å². The van der Waals surface area contributed by atoms with Crippen molar-refractivity contribution in [3.63, 3.8) is 0 Å². The van der Waals surface area contributed by atoms with Gasteiger partial charge in [0, 0.05) is 37.7 Å². The van der Waals surface area contributed by atoms with E-state index in [2.05, 4.69) is 5.32 Å². The van der Waals surface area contributed by atoms with Crippen molar-refractivity contribution in [2.24, 2.45) is 5.92 Å². The third-order valence-electron chi connectivity index (χ3n) is 4.02. The number of carbonyl (C=O) groups excluding carboxylic acids is 2. The average molecular weight is 334 g/mol. The van der Waals surface area contributed by atoms with Crippen LogP contribution in [0.15, 0.2) is 24.3 Å². The number of amides is 2. The highest BCUT2D eigenvalue weighted by Crippen LogP contribution is 2.18. The fourth-order valence-corrected chi connectivity index (χ4v) is 2.66. The Kier molecular flexibility index (Phi) is 5.92. The van der Waals surface area contributed by atoms with Crippen molar-refractivity contribution in [3.05, 3.63) is 35.4 Å². The minimum atomic E-state index is -1.07. The van der Waals surface area contributed by atoms with E-state index in [0.29, 0.717) is 30.8 Å². The van der Waals surface area contributed by atoms with Crippen LogP contribution >= 0.6 is 0 Å². The zero-order chi connectivity index (χ0) is 17.7. The Labute approximate surface area is 140 Å². The molecule has 1 aromatic carbocycles. The summed E-state index contributed by atoms with van der Waals surface area (Å²) in [5, 5.41) is 11.9. The minimum Gasteiger partial charge on any atom is -0.480 e. The molecule has 0 saturated carbocycles. The lowest BCUT2D eigenvalue weighted by atomic mass is 9.93. The van der Waals surface area contributed by atoms with E-state index in [1.54, 1.807) is 26.2 Å². The number of aliphatic carboxylic acids is 1. The normalized spacial score (nSPS) is 18.5. The van der Waals surface area contributed by atoms with Gasteiger partial charge in [-0.15, -0.1) is 0 Å². The fraction of sp³-hybridized carbons (Fsp3) is 0.471. The first kappa shape index (κ1) is 17.9. The largest absolute Gasteiger partial charge is 0.480 e. The van der Waals surface area contributed by atoms with Crippen LogP contribution in [0.1, 0.15) is 33.6 Å². The molecule has 0 bridgehead atoms. The van der Waals surface area contributed by atoms with Crippen LogP contribution in [0.4, 0.5) is 0 Å². The maximum atomic E-state index is 12.3. The highest BCUT2D eigenvalue weighted by atomic mass is 16.5. The lowest BCUT2D eigenvalue weighted by Crippen LogP contribution is -2.48. The van der Waals surface area contributed by atoms with E-state index in [1.807, 2.05) is 0 Å². The molecular weight excluding hydrogens is 312 g/mol. The molecule has 1 fully saturated rings. The summed E-state index contributed by atoms with van der Waals surface area (Å²) in [6.07, 6.45) is 1.49. The zero-order valence-electron chi connectivity index (χ0n) is 13.8. The Hall–Kier alpha value is -2.41. The molecule has 24 heavy (non-hydrogen) atoms. The second kappa shape index (κ2) is 7.92. The van der Waals surface area contributed by atoms with Crippen LogP contribution < -0.4 is 5.32 Å². The van der Waals surface area contributed by atoms with E-state index >= 15 is 0 Å². The molecule has 1 heterocycles. The predicted octanol–water partition coefficient (Wildman–Crippen LogP) is 0.998. The monoisotopic (exact) mass is 334 g/mol. The van der Waals surface area contributed by atoms with Crippen LogP contribution in [0.5, 0.6) is 0 Å². The van der Waals surface area contributed by atoms with Gasteiger partial charge in [-0.3, -0.25) is 9.59 Å². The predicted molar refractivity (Wildman–Crippen MR) is 86.9 cm³/mol. The molecule has 0 aliphatic carbocycles. The number of benzene rings is 1. The van der Waals surface area contributed by atoms with E-state index < -0.39 is 17.9 Å². The molecule has 1 saturated heterocycles. The SMILES string of the molecule is CN(C)C(=O)c1ccc(C(=O)NC(C(=O)O)C2CCCOC2)cc1. The van der Waals surface area contributed by atoms with Crippen molar-refractivity contribution in [3.8, 4) is 0 Å². The third kappa shape index (κ3) is 4.32. The smallest absolute Gasteiger partial charge is 0.326 e. The lowest BCUT2D eigenvalue weighted by molar-refractivity contribution is -0.142. The van der Waals surface area contributed by atoms with Gasteiger partial charge < -0.3 is 20.1 Å². The second-order valence-corrected chi connectivity index (χ2v) is 6.04. The van der Waals surface area contributed by atoms with E-state index in [9.17, 15) is 19.5 Å². The van der Waals surface area contributed by atoms with Gasteiger partial charge in [0.2, 0.25) is 0 Å². The summed E-state index contributed by atoms with van der Waals surface area (Å²) < 4.78 is 5.31. The number of carboxylic acids is 1. The van der Waals surface area contributed by atoms with Gasteiger partial charge in [0.1, 0.15) is 6.04 Å². The molecule has 2 rings (SSSR count). The van der Waals surface area contributed by atoms with Gasteiger partial charge in [-0.1, -0.05) is 0 Å². The van der Waals surface area contributed by atoms with Gasteiger partial charge >= 0.3 is 5.97 Å². The summed E-state index contributed by atoms with van der Waals surface area (Å²) in [5.74, 6) is -1.95. The molecule has 2 amide bonds. The Morgan fingerprint density at radius 2 is 1.83 bits per heavy atom. The van der Waals surface area contributed by atoms with Gasteiger partial charge in [0.25, 0.3) is 11.8 Å². The van der Waals surface area contributed by atoms with Gasteiger partial charge in [-0.2, -0.15) is 0 Å². The molecule has 2 N–H and O–H groups in total. The summed E-state index contributed by atoms with van der Waals surface area (Å²) in [5.41, 5.74) is 0.778. The number of carbonyl (C=O) groups is 3. The van der Waals surface area contributed by atoms with Crippen LogP contribution in [0.2, 0.25) is 0 Å². The average Bonchev–Trinajstić information content (AvgIpc) is 2.59. The Morgan fingerprint density at radius 1 is 1.21 bits per heavy atom. The quantitative estimate of drug-likeness (QED) is 0.837. The number of nitrogens with zero attached hydrogens (tertiary/aromatic N) is 1. The molecule has 1 aromatic rings. The molecule has 1 aliphatic rings. The highest BCUT2D eigenvalue weighted by Gasteiger charge is 2.31. The maximum absolute atomic E-state index is 12.3. The Balaban J connectivity index is 2.06. The summed E-state index contributed by atoms with van der Waals surface area (Å²) in [4.78, 5) is 37.0. The van der Waals surface area contributed by atoms with Crippen LogP contribution in [0.25, 0.3) is 0 Å². The number of carboxylic acid groups (broad SMARTS) is 1. The van der Waals surface area contributed by atoms with Crippen LogP contribution in [-0.2, 0) is 9.53 Å². The first-order valence-corrected chi connectivity index (χ1v) is 7.83. The summed E-state index contributed by atoms with van der Waals surface area (Å²) in [7, 11) is 3.29. The lowest BCUT2D eigenvalue weighted by Gasteiger charge is -2.28. The maximum Gasteiger partial charge on any atom is 0.326 e. The van der Waals surface area contributed by atoms with Crippen molar-refractivity contribution < 1.29 is 24.2 Å². The standard InChI is InChI=1S/C17H22N2O5/c1-19(2)16(21)12-7-5-11(6-8-12)15(20)18-14(17(22)23)13-4-3-9-24-10-13/h5-8,13-14H,3-4,9-10H2,1-2H3,(H,18,20)(H,22,23). The van der Waals surface area contributed by atoms with Crippen molar-refractivity contribution in [1.82, 2.24) is 10.2 Å². The van der Waals surface area contributed by atoms with E-state index in [-0.39, 0.29) is 11.8 Å². The van der Waals surface area contributed by atoms with Crippen molar-refractivity contribution >= 4 is 17.8 Å². The number of ether oxygens (including phenoxy) is 1. The van der Waals surface area contributed by atoms with Crippen LogP contribution in [0, 0.1) is 5.92 Å². The third-order valence-corrected chi connectivity index (χ3v) is 4.02. The summed E-state index contributed by atoms with van der Waals surface area (Å²) in [6, 6.07) is 5.15. The molecule has 7 nitrogen and oxygen atoms in total. The minimum absolute atomic E-state index is 0.162. The summed E-state index contributed by atoms with van der Waals surface area (Å²) >= 11 is 0. The Morgan fingerprint density at radius 3 is 2.33 bits per heavy atom. The van der Waals surface area contributed by atoms with Gasteiger partial charge in [0.15, 0.2) is 0 Å². The van der Waals surface area contributed by atoms with Gasteiger partial charge in [0.05, 0.1) is 6.61 Å². The first-order valence-electron chi connectivity index (χ1n) is 7.83. The number of rotatable bonds is 5. The van der Waals surface area contributed by atoms with Crippen molar-refractivity contribution in [2.45, 2.75) is 18.9 Å². The molecule has 0 radical (unpaired) electrons. The van der Waals surface area contributed by atoms with Crippen LogP contribution in [0.3, 0.4) is 0 Å². The molecule has 7 heteroatoms. The van der Waals surface area contributed by atoms with Crippen LogP contribution in [-0.4, -0.2) is 61.1 Å². The van der Waals surface area contributed by atoms with Crippen molar-refractivity contribution in [1.29, 1.82) is 0 Å². The molecule has 1 aliphatic heterocycles. The van der Waals surface area contributed by atoms with E-state index in [0.717, 1.165) is 6.42 Å². The first-order chi connectivity index (χ1) is 11.4. The number of hydrogen-bond acceptors (Lipinski definition) is 4. The summed E-state index contributed by atoms with van der Waals surface area (Å²) in [6.45, 7) is 0.950. The van der Waals surface area contributed by atoms with Gasteiger partial charge in [-0.05, 0) is 37.1 Å². The molecule has 0 spiro atoms. The highest BCUT2D eigenvalue weighted by molar-refractivity contribution is 5.99. The zero-order valence-corrected chi connectivity index (χ0v) is 13.8. The van der Waals surface area contributed by atoms with Crippen molar-refractivity contribution in [2.75, 3.05) is 27.3 Å². The number of hydrogen-bond donors (Lipinski definition) is 2. The molecule has 130 valence electrons.